The lowest BCUT2D eigenvalue weighted by Crippen LogP contribution is -2.32. The molecule has 1 fully saturated rings. The molecule has 2 N–H and O–H groups in total. The van der Waals surface area contributed by atoms with Gasteiger partial charge < -0.3 is 10.6 Å². The van der Waals surface area contributed by atoms with E-state index in [2.05, 4.69) is 20.6 Å². The number of nitrogens with zero attached hydrogens (tertiary/aromatic N) is 3. The first-order chi connectivity index (χ1) is 9.92. The van der Waals surface area contributed by atoms with Crippen LogP contribution in [0.1, 0.15) is 38.9 Å². The van der Waals surface area contributed by atoms with Crippen molar-refractivity contribution in [3.8, 4) is 0 Å². The number of carbonyl (C=O) groups excluding carboxylic acids is 2. The third-order valence-electron chi connectivity index (χ3n) is 3.32. The Morgan fingerprint density at radius 1 is 1.33 bits per heavy atom. The Morgan fingerprint density at radius 3 is 2.52 bits per heavy atom. The molecule has 1 saturated heterocycles. The maximum absolute atomic E-state index is 11.9. The van der Waals surface area contributed by atoms with Crippen LogP contribution in [-0.2, 0) is 9.59 Å². The van der Waals surface area contributed by atoms with Crippen molar-refractivity contribution in [2.24, 2.45) is 0 Å². The van der Waals surface area contributed by atoms with E-state index in [0.717, 1.165) is 11.4 Å². The van der Waals surface area contributed by atoms with Gasteiger partial charge in [-0.2, -0.15) is 0 Å². The van der Waals surface area contributed by atoms with Crippen LogP contribution in [0.2, 0.25) is 0 Å². The Morgan fingerprint density at radius 2 is 2.00 bits per heavy atom. The molecule has 1 aromatic rings. The molecule has 2 amide bonds. The van der Waals surface area contributed by atoms with Crippen molar-refractivity contribution < 1.29 is 9.59 Å². The molecule has 114 valence electrons. The summed E-state index contributed by atoms with van der Waals surface area (Å²) in [7, 11) is 1.50. The molecule has 1 aliphatic rings. The number of likely N-dealkylation sites (N-methyl/N-ethyl adjacent to an activating group) is 1. The highest BCUT2D eigenvalue weighted by atomic mass is 16.2. The van der Waals surface area contributed by atoms with Gasteiger partial charge in [0.05, 0.1) is 6.42 Å². The second-order valence-corrected chi connectivity index (χ2v) is 5.37. The first-order valence-corrected chi connectivity index (χ1v) is 7.12. The van der Waals surface area contributed by atoms with E-state index in [9.17, 15) is 9.59 Å². The second-order valence-electron chi connectivity index (χ2n) is 5.37. The minimum absolute atomic E-state index is 0.160. The summed E-state index contributed by atoms with van der Waals surface area (Å²) >= 11 is 0. The lowest BCUT2D eigenvalue weighted by Gasteiger charge is -2.15. The molecule has 0 aliphatic carbocycles. The predicted octanol–water partition coefficient (Wildman–Crippen LogP) is 1.20. The molecule has 7 nitrogen and oxygen atoms in total. The summed E-state index contributed by atoms with van der Waals surface area (Å²) in [6.45, 7) is 6.75. The zero-order valence-electron chi connectivity index (χ0n) is 12.8. The average molecular weight is 291 g/mol. The van der Waals surface area contributed by atoms with Gasteiger partial charge in [0.25, 0.3) is 5.91 Å². The van der Waals surface area contributed by atoms with Gasteiger partial charge in [0, 0.05) is 25.6 Å². The number of rotatable bonds is 5. The van der Waals surface area contributed by atoms with Gasteiger partial charge in [-0.3, -0.25) is 14.5 Å². The van der Waals surface area contributed by atoms with Crippen LogP contribution >= 0.6 is 0 Å². The number of anilines is 2. The molecule has 1 aliphatic heterocycles. The molecule has 0 aromatic carbocycles. The minimum atomic E-state index is -0.549. The minimum Gasteiger partial charge on any atom is -0.370 e. The second kappa shape index (κ2) is 6.07. The van der Waals surface area contributed by atoms with Crippen molar-refractivity contribution in [1.82, 2.24) is 14.9 Å². The lowest BCUT2D eigenvalue weighted by atomic mass is 10.2. The number of hydrogen-bond acceptors (Lipinski definition) is 6. The van der Waals surface area contributed by atoms with Crippen molar-refractivity contribution in [1.29, 1.82) is 0 Å². The van der Waals surface area contributed by atoms with E-state index in [0.29, 0.717) is 17.5 Å². The highest BCUT2D eigenvalue weighted by Gasteiger charge is 2.36. The number of hydrogen-bond donors (Lipinski definition) is 2. The van der Waals surface area contributed by atoms with E-state index in [4.69, 9.17) is 0 Å². The van der Waals surface area contributed by atoms with Crippen molar-refractivity contribution in [3.63, 3.8) is 0 Å². The SMILES string of the molecule is CCNc1cc(NC2CC(=O)N(C)C2=O)nc(C(C)C)n1. The summed E-state index contributed by atoms with van der Waals surface area (Å²) in [6.07, 6.45) is 0.160. The van der Waals surface area contributed by atoms with Gasteiger partial charge in [-0.15, -0.1) is 0 Å². The van der Waals surface area contributed by atoms with Crippen molar-refractivity contribution in [2.45, 2.75) is 39.2 Å². The van der Waals surface area contributed by atoms with Crippen LogP contribution in [0.15, 0.2) is 6.07 Å². The standard InChI is InChI=1S/C14H21N5O2/c1-5-15-10-7-11(18-13(17-10)8(2)3)16-9-6-12(20)19(4)14(9)21/h7-9H,5-6H2,1-4H3,(H2,15,16,17,18). The summed E-state index contributed by atoms with van der Waals surface area (Å²) in [4.78, 5) is 33.5. The van der Waals surface area contributed by atoms with E-state index in [1.165, 1.54) is 7.05 Å². The average Bonchev–Trinajstić information content (AvgIpc) is 2.66. The zero-order chi connectivity index (χ0) is 15.6. The Bertz CT molecular complexity index is 558. The summed E-state index contributed by atoms with van der Waals surface area (Å²) in [6, 6.07) is 1.21. The molecule has 1 unspecified atom stereocenters. The van der Waals surface area contributed by atoms with Gasteiger partial charge in [0.1, 0.15) is 23.5 Å². The van der Waals surface area contributed by atoms with E-state index in [-0.39, 0.29) is 24.2 Å². The van der Waals surface area contributed by atoms with Crippen LogP contribution in [0, 0.1) is 0 Å². The van der Waals surface area contributed by atoms with Crippen molar-refractivity contribution in [3.05, 3.63) is 11.9 Å². The molecule has 7 heteroatoms. The highest BCUT2D eigenvalue weighted by Crippen LogP contribution is 2.20. The van der Waals surface area contributed by atoms with Crippen LogP contribution in [-0.4, -0.2) is 46.3 Å². The number of amides is 2. The molecule has 2 rings (SSSR count). The Labute approximate surface area is 124 Å². The fourth-order valence-corrected chi connectivity index (χ4v) is 2.12. The normalized spacial score (nSPS) is 18.5. The van der Waals surface area contributed by atoms with Crippen LogP contribution in [0.25, 0.3) is 0 Å². The van der Waals surface area contributed by atoms with Gasteiger partial charge in [-0.05, 0) is 6.92 Å². The van der Waals surface area contributed by atoms with Gasteiger partial charge in [-0.1, -0.05) is 13.8 Å². The van der Waals surface area contributed by atoms with Crippen LogP contribution in [0.3, 0.4) is 0 Å². The molecular formula is C14H21N5O2. The maximum Gasteiger partial charge on any atom is 0.251 e. The van der Waals surface area contributed by atoms with E-state index < -0.39 is 6.04 Å². The number of likely N-dealkylation sites (tertiary alicyclic amines) is 1. The number of imide groups is 1. The third kappa shape index (κ3) is 3.29. The van der Waals surface area contributed by atoms with E-state index in [1.54, 1.807) is 6.07 Å². The molecule has 0 radical (unpaired) electrons. The zero-order valence-corrected chi connectivity index (χ0v) is 12.8. The number of aromatic nitrogens is 2. The third-order valence-corrected chi connectivity index (χ3v) is 3.32. The van der Waals surface area contributed by atoms with E-state index >= 15 is 0 Å². The highest BCUT2D eigenvalue weighted by molar-refractivity contribution is 6.06. The summed E-state index contributed by atoms with van der Waals surface area (Å²) in [5, 5.41) is 6.19. The Balaban J connectivity index is 2.23. The van der Waals surface area contributed by atoms with Gasteiger partial charge >= 0.3 is 0 Å². The number of carbonyl (C=O) groups is 2. The summed E-state index contributed by atoms with van der Waals surface area (Å²) in [5.74, 6) is 1.74. The van der Waals surface area contributed by atoms with Gasteiger partial charge in [-0.25, -0.2) is 9.97 Å². The summed E-state index contributed by atoms with van der Waals surface area (Å²) in [5.41, 5.74) is 0. The largest absolute Gasteiger partial charge is 0.370 e. The monoisotopic (exact) mass is 291 g/mol. The predicted molar refractivity (Wildman–Crippen MR) is 80.1 cm³/mol. The Kier molecular flexibility index (Phi) is 4.40. The molecular weight excluding hydrogens is 270 g/mol. The smallest absolute Gasteiger partial charge is 0.251 e. The topological polar surface area (TPSA) is 87.2 Å². The Hall–Kier alpha value is -2.18. The maximum atomic E-state index is 11.9. The molecule has 21 heavy (non-hydrogen) atoms. The molecule has 2 heterocycles. The fraction of sp³-hybridized carbons (Fsp3) is 0.571. The molecule has 0 spiro atoms. The van der Waals surface area contributed by atoms with Crippen LogP contribution < -0.4 is 10.6 Å². The molecule has 1 atom stereocenters. The lowest BCUT2D eigenvalue weighted by molar-refractivity contribution is -0.136. The van der Waals surface area contributed by atoms with Gasteiger partial charge in [0.2, 0.25) is 5.91 Å². The van der Waals surface area contributed by atoms with Gasteiger partial charge in [0.15, 0.2) is 0 Å². The first-order valence-electron chi connectivity index (χ1n) is 7.12. The molecule has 0 saturated carbocycles. The fourth-order valence-electron chi connectivity index (χ4n) is 2.12. The molecule has 0 bridgehead atoms. The summed E-state index contributed by atoms with van der Waals surface area (Å²) < 4.78 is 0. The van der Waals surface area contributed by atoms with Crippen LogP contribution in [0.5, 0.6) is 0 Å². The van der Waals surface area contributed by atoms with Crippen LogP contribution in [0.4, 0.5) is 11.6 Å². The quantitative estimate of drug-likeness (QED) is 0.793. The van der Waals surface area contributed by atoms with E-state index in [1.807, 2.05) is 20.8 Å². The first kappa shape index (κ1) is 15.2. The van der Waals surface area contributed by atoms with Crippen molar-refractivity contribution >= 4 is 23.5 Å². The van der Waals surface area contributed by atoms with Crippen molar-refractivity contribution in [2.75, 3.05) is 24.2 Å². The molecule has 1 aromatic heterocycles. The number of nitrogens with one attached hydrogen (secondary N) is 2.